The molecule has 0 atom stereocenters. The molecule has 1 saturated carbocycles. The first-order valence-electron chi connectivity index (χ1n) is 6.10. The number of rotatable bonds is 4. The van der Waals surface area contributed by atoms with Gasteiger partial charge in [0.15, 0.2) is 0 Å². The lowest BCUT2D eigenvalue weighted by Crippen LogP contribution is -2.38. The van der Waals surface area contributed by atoms with Crippen molar-refractivity contribution in [2.45, 2.75) is 58.9 Å². The molecule has 0 saturated heterocycles. The van der Waals surface area contributed by atoms with Crippen molar-refractivity contribution >= 4 is 5.78 Å². The summed E-state index contributed by atoms with van der Waals surface area (Å²) in [6.07, 6.45) is 5.93. The second-order valence-corrected chi connectivity index (χ2v) is 5.83. The zero-order valence-corrected chi connectivity index (χ0v) is 10.7. The topological polar surface area (TPSA) is 20.3 Å². The van der Waals surface area contributed by atoms with Crippen LogP contribution in [0.4, 0.5) is 0 Å². The summed E-state index contributed by atoms with van der Waals surface area (Å²) < 4.78 is 0. The number of hydrogen-bond acceptors (Lipinski definition) is 2. The van der Waals surface area contributed by atoms with Crippen LogP contribution in [-0.2, 0) is 4.79 Å². The summed E-state index contributed by atoms with van der Waals surface area (Å²) in [7, 11) is 2.16. The lowest BCUT2D eigenvalue weighted by Gasteiger charge is -2.38. The minimum absolute atomic E-state index is 0.304. The lowest BCUT2D eigenvalue weighted by molar-refractivity contribution is -0.117. The van der Waals surface area contributed by atoms with E-state index in [1.165, 1.54) is 25.7 Å². The van der Waals surface area contributed by atoms with Crippen LogP contribution in [-0.4, -0.2) is 30.3 Å². The van der Waals surface area contributed by atoms with E-state index in [0.29, 0.717) is 23.7 Å². The van der Waals surface area contributed by atoms with Gasteiger partial charge < -0.3 is 4.90 Å². The van der Waals surface area contributed by atoms with Crippen LogP contribution in [0.3, 0.4) is 0 Å². The van der Waals surface area contributed by atoms with E-state index in [4.69, 9.17) is 0 Å². The molecule has 1 fully saturated rings. The highest BCUT2D eigenvalue weighted by Crippen LogP contribution is 2.36. The molecule has 0 aliphatic heterocycles. The van der Waals surface area contributed by atoms with Gasteiger partial charge in [-0.05, 0) is 45.1 Å². The quantitative estimate of drug-likeness (QED) is 0.712. The summed E-state index contributed by atoms with van der Waals surface area (Å²) in [5, 5.41) is 0. The first-order chi connectivity index (χ1) is 6.91. The third kappa shape index (κ3) is 4.33. The molecule has 88 valence electrons. The molecule has 2 nitrogen and oxygen atoms in total. The minimum Gasteiger partial charge on any atom is -0.303 e. The summed E-state index contributed by atoms with van der Waals surface area (Å²) in [5.74, 6) is 0.304. The Labute approximate surface area is 94.0 Å². The molecule has 0 unspecified atom stereocenters. The van der Waals surface area contributed by atoms with E-state index in [2.05, 4.69) is 25.8 Å². The van der Waals surface area contributed by atoms with E-state index in [1.54, 1.807) is 6.92 Å². The van der Waals surface area contributed by atoms with Crippen molar-refractivity contribution in [3.63, 3.8) is 0 Å². The fourth-order valence-electron chi connectivity index (χ4n) is 2.34. The Balaban J connectivity index is 2.30. The zero-order valence-electron chi connectivity index (χ0n) is 10.7. The number of Topliss-reactive ketones (excluding diaryl/α,β-unsaturated/α-hetero) is 1. The molecule has 0 N–H and O–H groups in total. The summed E-state index contributed by atoms with van der Waals surface area (Å²) in [5.41, 5.74) is 0.540. The fraction of sp³-hybridized carbons (Fsp3) is 0.923. The first kappa shape index (κ1) is 12.7. The van der Waals surface area contributed by atoms with Crippen LogP contribution in [0, 0.1) is 5.41 Å². The van der Waals surface area contributed by atoms with Gasteiger partial charge in [0.05, 0.1) is 0 Å². The lowest BCUT2D eigenvalue weighted by atomic mass is 9.75. The minimum atomic E-state index is 0.304. The van der Waals surface area contributed by atoms with Gasteiger partial charge in [0, 0.05) is 19.0 Å². The molecule has 1 rings (SSSR count). The van der Waals surface area contributed by atoms with Crippen molar-refractivity contribution in [3.8, 4) is 0 Å². The molecule has 0 amide bonds. The summed E-state index contributed by atoms with van der Waals surface area (Å²) in [6, 6.07) is 0.706. The van der Waals surface area contributed by atoms with Gasteiger partial charge in [-0.2, -0.15) is 0 Å². The monoisotopic (exact) mass is 211 g/mol. The molecule has 0 spiro atoms. The largest absolute Gasteiger partial charge is 0.303 e. The number of nitrogens with zero attached hydrogens (tertiary/aromatic N) is 1. The van der Waals surface area contributed by atoms with Gasteiger partial charge >= 0.3 is 0 Å². The van der Waals surface area contributed by atoms with E-state index < -0.39 is 0 Å². The van der Waals surface area contributed by atoms with Crippen LogP contribution in [0.2, 0.25) is 0 Å². The maximum atomic E-state index is 10.9. The number of hydrogen-bond donors (Lipinski definition) is 0. The highest BCUT2D eigenvalue weighted by molar-refractivity contribution is 5.75. The van der Waals surface area contributed by atoms with Crippen LogP contribution in [0.15, 0.2) is 0 Å². The van der Waals surface area contributed by atoms with Gasteiger partial charge in [-0.25, -0.2) is 0 Å². The van der Waals surface area contributed by atoms with Gasteiger partial charge in [-0.15, -0.1) is 0 Å². The molecule has 0 radical (unpaired) electrons. The fourth-order valence-corrected chi connectivity index (χ4v) is 2.34. The summed E-state index contributed by atoms with van der Waals surface area (Å²) in [6.45, 7) is 7.33. The Morgan fingerprint density at radius 2 is 1.87 bits per heavy atom. The van der Waals surface area contributed by atoms with Crippen molar-refractivity contribution in [3.05, 3.63) is 0 Å². The van der Waals surface area contributed by atoms with Gasteiger partial charge in [0.25, 0.3) is 0 Å². The maximum absolute atomic E-state index is 10.9. The maximum Gasteiger partial charge on any atom is 0.131 e. The highest BCUT2D eigenvalue weighted by Gasteiger charge is 2.28. The van der Waals surface area contributed by atoms with Crippen molar-refractivity contribution in [2.75, 3.05) is 13.6 Å². The zero-order chi connectivity index (χ0) is 11.5. The van der Waals surface area contributed by atoms with Gasteiger partial charge in [0.1, 0.15) is 5.78 Å². The van der Waals surface area contributed by atoms with Crippen LogP contribution in [0.5, 0.6) is 0 Å². The molecule has 0 aromatic rings. The molecule has 15 heavy (non-hydrogen) atoms. The molecule has 0 bridgehead atoms. The molecule has 2 heteroatoms. The van der Waals surface area contributed by atoms with Crippen molar-refractivity contribution in [1.29, 1.82) is 0 Å². The third-order valence-corrected chi connectivity index (χ3v) is 3.75. The number of ketones is 1. The van der Waals surface area contributed by atoms with Crippen molar-refractivity contribution < 1.29 is 4.79 Å². The van der Waals surface area contributed by atoms with E-state index in [-0.39, 0.29) is 0 Å². The van der Waals surface area contributed by atoms with Gasteiger partial charge in [0.2, 0.25) is 0 Å². The molecule has 0 aromatic carbocycles. The highest BCUT2D eigenvalue weighted by atomic mass is 16.1. The SMILES string of the molecule is CC(=O)CCN(C)C1CCC(C)(C)CC1. The van der Waals surface area contributed by atoms with E-state index in [9.17, 15) is 4.79 Å². The molecule has 1 aliphatic rings. The summed E-state index contributed by atoms with van der Waals surface area (Å²) in [4.78, 5) is 13.3. The Hall–Kier alpha value is -0.370. The Morgan fingerprint density at radius 1 is 1.33 bits per heavy atom. The number of carbonyl (C=O) groups is 1. The molecular formula is C13H25NO. The Bertz CT molecular complexity index is 213. The molecule has 0 aromatic heterocycles. The van der Waals surface area contributed by atoms with Crippen molar-refractivity contribution in [2.24, 2.45) is 5.41 Å². The Morgan fingerprint density at radius 3 is 2.33 bits per heavy atom. The van der Waals surface area contributed by atoms with E-state index in [1.807, 2.05) is 0 Å². The normalized spacial score (nSPS) is 21.9. The van der Waals surface area contributed by atoms with Gasteiger partial charge in [-0.1, -0.05) is 13.8 Å². The third-order valence-electron chi connectivity index (χ3n) is 3.75. The predicted octanol–water partition coefficient (Wildman–Crippen LogP) is 2.87. The Kier molecular flexibility index (Phi) is 4.32. The standard InChI is InChI=1S/C13H25NO/c1-11(15)7-10-14(4)12-5-8-13(2,3)9-6-12/h12H,5-10H2,1-4H3. The van der Waals surface area contributed by atoms with Crippen LogP contribution < -0.4 is 0 Å². The molecular weight excluding hydrogens is 186 g/mol. The number of carbonyl (C=O) groups excluding carboxylic acids is 1. The second-order valence-electron chi connectivity index (χ2n) is 5.83. The second kappa shape index (κ2) is 5.11. The molecule has 1 aliphatic carbocycles. The van der Waals surface area contributed by atoms with Gasteiger partial charge in [-0.3, -0.25) is 4.79 Å². The average Bonchev–Trinajstić information content (AvgIpc) is 2.14. The average molecular weight is 211 g/mol. The van der Waals surface area contributed by atoms with E-state index in [0.717, 1.165) is 6.54 Å². The first-order valence-corrected chi connectivity index (χ1v) is 6.10. The predicted molar refractivity (Wildman–Crippen MR) is 64.0 cm³/mol. The van der Waals surface area contributed by atoms with Crippen LogP contribution >= 0.6 is 0 Å². The van der Waals surface area contributed by atoms with Crippen LogP contribution in [0.25, 0.3) is 0 Å². The van der Waals surface area contributed by atoms with E-state index >= 15 is 0 Å². The summed E-state index contributed by atoms with van der Waals surface area (Å²) >= 11 is 0. The van der Waals surface area contributed by atoms with Crippen LogP contribution in [0.1, 0.15) is 52.9 Å². The van der Waals surface area contributed by atoms with Crippen molar-refractivity contribution in [1.82, 2.24) is 4.90 Å². The molecule has 0 heterocycles. The smallest absolute Gasteiger partial charge is 0.131 e.